The number of hydrogen-bond donors (Lipinski definition) is 2. The Kier molecular flexibility index (Phi) is 7.63. The topological polar surface area (TPSA) is 108 Å². The van der Waals surface area contributed by atoms with E-state index in [9.17, 15) is 31.2 Å². The summed E-state index contributed by atoms with van der Waals surface area (Å²) < 4.78 is 87.0. The largest absolute Gasteiger partial charge is 0.317 e. The molecule has 0 bridgehead atoms. The predicted octanol–water partition coefficient (Wildman–Crippen LogP) is 5.38. The number of aromatic nitrogens is 1. The van der Waals surface area contributed by atoms with Crippen LogP contribution in [0.1, 0.15) is 17.3 Å². The van der Waals surface area contributed by atoms with Gasteiger partial charge in [-0.05, 0) is 48.5 Å². The van der Waals surface area contributed by atoms with Crippen LogP contribution in [-0.2, 0) is 14.8 Å². The van der Waals surface area contributed by atoms with Crippen molar-refractivity contribution in [1.82, 2.24) is 4.98 Å². The molecule has 0 saturated heterocycles. The fraction of sp³-hybridized carbons (Fsp3) is 0.0385. The lowest BCUT2D eigenvalue weighted by atomic mass is 10.2. The van der Waals surface area contributed by atoms with Crippen LogP contribution in [0, 0.1) is 23.3 Å². The lowest BCUT2D eigenvalue weighted by Crippen LogP contribution is -2.29. The minimum absolute atomic E-state index is 0.127. The molecule has 0 fully saturated rings. The van der Waals surface area contributed by atoms with E-state index in [1.165, 1.54) is 49.4 Å². The quantitative estimate of drug-likeness (QED) is 0.296. The molecule has 13 heteroatoms. The van der Waals surface area contributed by atoms with Gasteiger partial charge in [0, 0.05) is 13.1 Å². The summed E-state index contributed by atoms with van der Waals surface area (Å²) in [6.45, 7) is 1.25. The van der Waals surface area contributed by atoms with Crippen LogP contribution >= 0.6 is 0 Å². The molecule has 1 aromatic heterocycles. The van der Waals surface area contributed by atoms with Crippen LogP contribution in [0.2, 0.25) is 0 Å². The third-order valence-electron chi connectivity index (χ3n) is 5.27. The van der Waals surface area contributed by atoms with Crippen LogP contribution in [0.4, 0.5) is 40.4 Å². The van der Waals surface area contributed by atoms with Crippen LogP contribution in [-0.4, -0.2) is 25.2 Å². The highest BCUT2D eigenvalue weighted by Crippen LogP contribution is 2.38. The van der Waals surface area contributed by atoms with E-state index < -0.39 is 61.4 Å². The van der Waals surface area contributed by atoms with Crippen LogP contribution in [0.25, 0.3) is 0 Å². The molecule has 0 atom stereocenters. The number of nitrogens with zero attached hydrogens (tertiary/aromatic N) is 2. The number of anilines is 4. The van der Waals surface area contributed by atoms with Crippen molar-refractivity contribution in [3.05, 3.63) is 108 Å². The third kappa shape index (κ3) is 5.57. The predicted molar refractivity (Wildman–Crippen MR) is 135 cm³/mol. The molecule has 3 aromatic carbocycles. The number of para-hydroxylation sites is 1. The summed E-state index contributed by atoms with van der Waals surface area (Å²) in [6, 6.07) is 13.2. The molecule has 0 spiro atoms. The lowest BCUT2D eigenvalue weighted by molar-refractivity contribution is -0.114. The Morgan fingerprint density at radius 3 is 2.05 bits per heavy atom. The maximum Gasteiger partial charge on any atom is 0.274 e. The molecular formula is C26H18F4N4O4S. The maximum atomic E-state index is 15.8. The number of rotatable bonds is 7. The number of hydrogen-bond acceptors (Lipinski definition) is 5. The van der Waals surface area contributed by atoms with Crippen molar-refractivity contribution in [2.24, 2.45) is 0 Å². The third-order valence-corrected chi connectivity index (χ3v) is 7.06. The first-order valence-corrected chi connectivity index (χ1v) is 12.5. The zero-order chi connectivity index (χ0) is 28.3. The number of amides is 2. The highest BCUT2D eigenvalue weighted by molar-refractivity contribution is 7.93. The summed E-state index contributed by atoms with van der Waals surface area (Å²) in [7, 11) is -5.15. The van der Waals surface area contributed by atoms with E-state index in [1.807, 2.05) is 5.32 Å². The van der Waals surface area contributed by atoms with Crippen molar-refractivity contribution >= 4 is 44.7 Å². The Labute approximate surface area is 220 Å². The normalized spacial score (nSPS) is 11.1. The van der Waals surface area contributed by atoms with Crippen LogP contribution in [0.3, 0.4) is 0 Å². The molecule has 2 N–H and O–H groups in total. The number of carbonyl (C=O) groups is 2. The van der Waals surface area contributed by atoms with Gasteiger partial charge in [-0.3, -0.25) is 9.59 Å². The second kappa shape index (κ2) is 10.9. The van der Waals surface area contributed by atoms with Crippen LogP contribution in [0.5, 0.6) is 0 Å². The number of carbonyl (C=O) groups excluding carboxylic acids is 2. The summed E-state index contributed by atoms with van der Waals surface area (Å²) in [6.07, 6.45) is 1.04. The van der Waals surface area contributed by atoms with Gasteiger partial charge < -0.3 is 10.6 Å². The first-order chi connectivity index (χ1) is 18.5. The summed E-state index contributed by atoms with van der Waals surface area (Å²) >= 11 is 0. The molecule has 0 saturated carbocycles. The zero-order valence-electron chi connectivity index (χ0n) is 20.0. The molecule has 8 nitrogen and oxygen atoms in total. The fourth-order valence-electron chi connectivity index (χ4n) is 3.57. The molecule has 2 amide bonds. The van der Waals surface area contributed by atoms with Gasteiger partial charge in [0.05, 0.1) is 16.9 Å². The minimum Gasteiger partial charge on any atom is -0.317 e. The molecule has 1 heterocycles. The SMILES string of the molecule is CC(=O)Nc1ccc(C(=O)Nc2c(F)ccc(N(c3ccccc3)S(=O)(=O)c3c(F)cccc3F)c2F)cn1. The summed E-state index contributed by atoms with van der Waals surface area (Å²) in [4.78, 5) is 26.3. The number of halogens is 4. The van der Waals surface area contributed by atoms with Gasteiger partial charge in [0.1, 0.15) is 29.0 Å². The summed E-state index contributed by atoms with van der Waals surface area (Å²) in [5.74, 6) is -6.94. The smallest absolute Gasteiger partial charge is 0.274 e. The Morgan fingerprint density at radius 2 is 1.46 bits per heavy atom. The van der Waals surface area contributed by atoms with E-state index in [4.69, 9.17) is 0 Å². The maximum absolute atomic E-state index is 15.8. The first kappa shape index (κ1) is 27.3. The zero-order valence-corrected chi connectivity index (χ0v) is 20.8. The first-order valence-electron chi connectivity index (χ1n) is 11.1. The molecule has 0 unspecified atom stereocenters. The van der Waals surface area contributed by atoms with E-state index in [0.29, 0.717) is 10.4 Å². The Morgan fingerprint density at radius 1 is 0.795 bits per heavy atom. The Hall–Kier alpha value is -4.78. The molecule has 4 rings (SSSR count). The van der Waals surface area contributed by atoms with Crippen molar-refractivity contribution < 1.29 is 35.6 Å². The van der Waals surface area contributed by atoms with Gasteiger partial charge in [-0.25, -0.2) is 35.3 Å². The minimum atomic E-state index is -5.15. The molecule has 0 aliphatic heterocycles. The molecule has 39 heavy (non-hydrogen) atoms. The molecule has 4 aromatic rings. The van der Waals surface area contributed by atoms with E-state index in [1.54, 1.807) is 0 Å². The number of nitrogens with one attached hydrogen (secondary N) is 2. The van der Waals surface area contributed by atoms with Crippen molar-refractivity contribution in [1.29, 1.82) is 0 Å². The van der Waals surface area contributed by atoms with Gasteiger partial charge >= 0.3 is 0 Å². The van der Waals surface area contributed by atoms with Gasteiger partial charge in [0.25, 0.3) is 15.9 Å². The highest BCUT2D eigenvalue weighted by atomic mass is 32.2. The lowest BCUT2D eigenvalue weighted by Gasteiger charge is -2.26. The summed E-state index contributed by atoms with van der Waals surface area (Å²) in [5, 5.41) is 4.42. The Balaban J connectivity index is 1.80. The average Bonchev–Trinajstić information content (AvgIpc) is 2.88. The van der Waals surface area contributed by atoms with E-state index in [2.05, 4.69) is 10.3 Å². The van der Waals surface area contributed by atoms with Crippen molar-refractivity contribution in [3.8, 4) is 0 Å². The number of sulfonamides is 1. The second-order valence-corrected chi connectivity index (χ2v) is 9.70. The fourth-order valence-corrected chi connectivity index (χ4v) is 5.18. The Bertz CT molecular complexity index is 1650. The second-order valence-electron chi connectivity index (χ2n) is 7.98. The highest BCUT2D eigenvalue weighted by Gasteiger charge is 2.35. The number of pyridine rings is 1. The van der Waals surface area contributed by atoms with Gasteiger partial charge in [-0.1, -0.05) is 24.3 Å². The number of benzene rings is 3. The molecule has 0 aliphatic rings. The monoisotopic (exact) mass is 558 g/mol. The molecular weight excluding hydrogens is 540 g/mol. The van der Waals surface area contributed by atoms with Gasteiger partial charge in [-0.2, -0.15) is 0 Å². The molecule has 0 radical (unpaired) electrons. The van der Waals surface area contributed by atoms with E-state index in [0.717, 1.165) is 30.5 Å². The molecule has 200 valence electrons. The van der Waals surface area contributed by atoms with Crippen LogP contribution in [0.15, 0.2) is 83.9 Å². The van der Waals surface area contributed by atoms with Crippen LogP contribution < -0.4 is 14.9 Å². The van der Waals surface area contributed by atoms with Gasteiger partial charge in [-0.15, -0.1) is 0 Å². The average molecular weight is 559 g/mol. The van der Waals surface area contributed by atoms with Crippen molar-refractivity contribution in [2.45, 2.75) is 11.8 Å². The summed E-state index contributed by atoms with van der Waals surface area (Å²) in [5.41, 5.74) is -2.21. The van der Waals surface area contributed by atoms with Crippen molar-refractivity contribution in [3.63, 3.8) is 0 Å². The van der Waals surface area contributed by atoms with E-state index >= 15 is 4.39 Å². The standard InChI is InChI=1S/C26H18F4N4O4S/c1-15(35)32-22-13-10-16(14-31-22)26(36)33-24-18(27)11-12-21(23(24)30)34(17-6-3-2-4-7-17)39(37,38)25-19(28)8-5-9-20(25)29/h2-14H,1H3,(H,33,36)(H,31,32,35). The van der Waals surface area contributed by atoms with Crippen molar-refractivity contribution in [2.75, 3.05) is 14.9 Å². The van der Waals surface area contributed by atoms with Gasteiger partial charge in [0.2, 0.25) is 5.91 Å². The van der Waals surface area contributed by atoms with Gasteiger partial charge in [0.15, 0.2) is 10.7 Å². The molecule has 0 aliphatic carbocycles. The van der Waals surface area contributed by atoms with E-state index in [-0.39, 0.29) is 17.1 Å².